The first-order valence-electron chi connectivity index (χ1n) is 5.60. The minimum atomic E-state index is -0.965. The fraction of sp³-hybridized carbons (Fsp3) is 0.308. The standard InChI is InChI=1S/C13H16NO4/c1-3-17-12(15)10(2)14-13(16)18-9-11-7-5-4-6-8-11/h4-8,10H,2-3,9H2,1H3,(H,14,16). The normalized spacial score (nSPS) is 11.4. The minimum Gasteiger partial charge on any atom is -0.464 e. The van der Waals surface area contributed by atoms with Gasteiger partial charge in [0.2, 0.25) is 0 Å². The Bertz CT molecular complexity index is 391. The molecule has 97 valence electrons. The molecular weight excluding hydrogens is 234 g/mol. The van der Waals surface area contributed by atoms with Crippen LogP contribution in [0.15, 0.2) is 30.3 Å². The second-order valence-electron chi connectivity index (χ2n) is 3.51. The summed E-state index contributed by atoms with van der Waals surface area (Å²) in [6.45, 7) is 5.53. The predicted molar refractivity (Wildman–Crippen MR) is 65.5 cm³/mol. The first kappa shape index (κ1) is 14.0. The predicted octanol–water partition coefficient (Wildman–Crippen LogP) is 1.68. The van der Waals surface area contributed by atoms with E-state index in [0.29, 0.717) is 0 Å². The number of amides is 1. The number of ether oxygens (including phenoxy) is 2. The summed E-state index contributed by atoms with van der Waals surface area (Å²) in [5.74, 6) is -0.589. The van der Waals surface area contributed by atoms with Gasteiger partial charge in [0.15, 0.2) is 0 Å². The molecule has 0 aliphatic heterocycles. The molecule has 0 spiro atoms. The smallest absolute Gasteiger partial charge is 0.408 e. The van der Waals surface area contributed by atoms with Crippen LogP contribution in [0.3, 0.4) is 0 Å². The van der Waals surface area contributed by atoms with Crippen molar-refractivity contribution in [3.05, 3.63) is 42.8 Å². The van der Waals surface area contributed by atoms with Crippen LogP contribution in [0.25, 0.3) is 0 Å². The largest absolute Gasteiger partial charge is 0.464 e. The molecule has 0 saturated carbocycles. The average molecular weight is 250 g/mol. The number of carbonyl (C=O) groups excluding carboxylic acids is 2. The quantitative estimate of drug-likeness (QED) is 0.807. The average Bonchev–Trinajstić information content (AvgIpc) is 2.38. The highest BCUT2D eigenvalue weighted by molar-refractivity contribution is 5.81. The Morgan fingerprint density at radius 3 is 2.56 bits per heavy atom. The number of carbonyl (C=O) groups is 2. The highest BCUT2D eigenvalue weighted by atomic mass is 16.6. The first-order chi connectivity index (χ1) is 8.63. The fourth-order valence-electron chi connectivity index (χ4n) is 1.21. The Morgan fingerprint density at radius 1 is 1.28 bits per heavy atom. The van der Waals surface area contributed by atoms with Gasteiger partial charge in [0.25, 0.3) is 0 Å². The van der Waals surface area contributed by atoms with Crippen LogP contribution in [-0.2, 0) is 20.9 Å². The van der Waals surface area contributed by atoms with Crippen molar-refractivity contribution < 1.29 is 19.1 Å². The van der Waals surface area contributed by atoms with E-state index in [9.17, 15) is 9.59 Å². The molecular formula is C13H16NO4. The molecule has 1 rings (SSSR count). The van der Waals surface area contributed by atoms with Crippen molar-refractivity contribution >= 4 is 12.1 Å². The molecule has 5 heteroatoms. The Kier molecular flexibility index (Phi) is 5.70. The summed E-state index contributed by atoms with van der Waals surface area (Å²) < 4.78 is 9.62. The van der Waals surface area contributed by atoms with Gasteiger partial charge in [-0.3, -0.25) is 0 Å². The van der Waals surface area contributed by atoms with Gasteiger partial charge in [-0.2, -0.15) is 0 Å². The monoisotopic (exact) mass is 250 g/mol. The molecule has 1 aromatic rings. The van der Waals surface area contributed by atoms with E-state index in [1.54, 1.807) is 6.92 Å². The molecule has 1 amide bonds. The summed E-state index contributed by atoms with van der Waals surface area (Å²) in [4.78, 5) is 22.6. The van der Waals surface area contributed by atoms with Crippen LogP contribution in [0, 0.1) is 6.92 Å². The second-order valence-corrected chi connectivity index (χ2v) is 3.51. The lowest BCUT2D eigenvalue weighted by molar-refractivity contribution is -0.144. The van der Waals surface area contributed by atoms with E-state index >= 15 is 0 Å². The molecule has 18 heavy (non-hydrogen) atoms. The van der Waals surface area contributed by atoms with Gasteiger partial charge in [-0.15, -0.1) is 0 Å². The van der Waals surface area contributed by atoms with Crippen molar-refractivity contribution in [2.45, 2.75) is 19.6 Å². The van der Waals surface area contributed by atoms with E-state index in [2.05, 4.69) is 12.2 Å². The number of nitrogens with one attached hydrogen (secondary N) is 1. The van der Waals surface area contributed by atoms with Gasteiger partial charge in [-0.1, -0.05) is 30.3 Å². The van der Waals surface area contributed by atoms with Crippen LogP contribution in [0.2, 0.25) is 0 Å². The van der Waals surface area contributed by atoms with Gasteiger partial charge in [0.05, 0.1) is 6.61 Å². The summed E-state index contributed by atoms with van der Waals surface area (Å²) in [6, 6.07) is 8.27. The molecule has 0 aromatic heterocycles. The third kappa shape index (κ3) is 4.86. The van der Waals surface area contributed by atoms with Crippen LogP contribution in [-0.4, -0.2) is 24.7 Å². The summed E-state index contributed by atoms with van der Waals surface area (Å²) >= 11 is 0. The third-order valence-electron chi connectivity index (χ3n) is 2.08. The van der Waals surface area contributed by atoms with E-state index in [0.717, 1.165) is 5.56 Å². The number of hydrogen-bond acceptors (Lipinski definition) is 4. The van der Waals surface area contributed by atoms with Gasteiger partial charge in [-0.05, 0) is 19.4 Å². The number of esters is 1. The van der Waals surface area contributed by atoms with Gasteiger partial charge in [0, 0.05) is 0 Å². The van der Waals surface area contributed by atoms with Crippen LogP contribution < -0.4 is 5.32 Å². The van der Waals surface area contributed by atoms with Gasteiger partial charge in [-0.25, -0.2) is 9.59 Å². The van der Waals surface area contributed by atoms with Crippen LogP contribution >= 0.6 is 0 Å². The molecule has 5 nitrogen and oxygen atoms in total. The molecule has 0 fully saturated rings. The van der Waals surface area contributed by atoms with E-state index in [-0.39, 0.29) is 13.2 Å². The number of alkyl carbamates (subject to hydrolysis) is 1. The molecule has 0 aliphatic carbocycles. The maximum atomic E-state index is 11.4. The second kappa shape index (κ2) is 7.32. The van der Waals surface area contributed by atoms with Crippen LogP contribution in [0.5, 0.6) is 0 Å². The SMILES string of the molecule is [CH2]C(NC(=O)OCc1ccccc1)C(=O)OCC. The van der Waals surface area contributed by atoms with Crippen molar-refractivity contribution in [1.82, 2.24) is 5.32 Å². The van der Waals surface area contributed by atoms with Crippen molar-refractivity contribution in [3.63, 3.8) is 0 Å². The topological polar surface area (TPSA) is 64.6 Å². The van der Waals surface area contributed by atoms with E-state index in [1.807, 2.05) is 30.3 Å². The Morgan fingerprint density at radius 2 is 1.94 bits per heavy atom. The maximum absolute atomic E-state index is 11.4. The zero-order chi connectivity index (χ0) is 13.4. The maximum Gasteiger partial charge on any atom is 0.408 e. The lowest BCUT2D eigenvalue weighted by atomic mass is 10.2. The lowest BCUT2D eigenvalue weighted by Gasteiger charge is -2.12. The number of benzene rings is 1. The minimum absolute atomic E-state index is 0.141. The molecule has 1 atom stereocenters. The Labute approximate surface area is 106 Å². The zero-order valence-corrected chi connectivity index (χ0v) is 10.2. The van der Waals surface area contributed by atoms with Crippen molar-refractivity contribution in [1.29, 1.82) is 0 Å². The van der Waals surface area contributed by atoms with E-state index in [1.165, 1.54) is 0 Å². The molecule has 0 bridgehead atoms. The molecule has 1 radical (unpaired) electrons. The number of hydrogen-bond donors (Lipinski definition) is 1. The highest BCUT2D eigenvalue weighted by Crippen LogP contribution is 2.00. The van der Waals surface area contributed by atoms with Crippen molar-refractivity contribution in [2.24, 2.45) is 0 Å². The summed E-state index contributed by atoms with van der Waals surface area (Å²) in [6.07, 6.45) is -0.702. The summed E-state index contributed by atoms with van der Waals surface area (Å²) in [7, 11) is 0. The lowest BCUT2D eigenvalue weighted by Crippen LogP contribution is -2.40. The van der Waals surface area contributed by atoms with Crippen molar-refractivity contribution in [2.75, 3.05) is 6.61 Å². The van der Waals surface area contributed by atoms with Crippen LogP contribution in [0.4, 0.5) is 4.79 Å². The Hall–Kier alpha value is -2.04. The van der Waals surface area contributed by atoms with E-state index < -0.39 is 18.1 Å². The van der Waals surface area contributed by atoms with Gasteiger partial charge >= 0.3 is 12.1 Å². The van der Waals surface area contributed by atoms with Gasteiger partial charge in [0.1, 0.15) is 12.6 Å². The molecule has 1 aromatic carbocycles. The fourth-order valence-corrected chi connectivity index (χ4v) is 1.21. The number of rotatable bonds is 5. The highest BCUT2D eigenvalue weighted by Gasteiger charge is 2.17. The van der Waals surface area contributed by atoms with Crippen molar-refractivity contribution in [3.8, 4) is 0 Å². The third-order valence-corrected chi connectivity index (χ3v) is 2.08. The van der Waals surface area contributed by atoms with Crippen LogP contribution in [0.1, 0.15) is 12.5 Å². The molecule has 0 aliphatic rings. The van der Waals surface area contributed by atoms with E-state index in [4.69, 9.17) is 9.47 Å². The summed E-state index contributed by atoms with van der Waals surface area (Å²) in [5.41, 5.74) is 0.865. The summed E-state index contributed by atoms with van der Waals surface area (Å²) in [5, 5.41) is 2.29. The first-order valence-corrected chi connectivity index (χ1v) is 5.60. The van der Waals surface area contributed by atoms with Gasteiger partial charge < -0.3 is 14.8 Å². The Balaban J connectivity index is 2.31. The molecule has 1 unspecified atom stereocenters. The zero-order valence-electron chi connectivity index (χ0n) is 10.2. The molecule has 0 heterocycles. The molecule has 1 N–H and O–H groups in total. The molecule has 0 saturated heterocycles.